The number of carbonyl (C=O) groups excluding carboxylic acids is 1. The Labute approximate surface area is 161 Å². The number of likely N-dealkylation sites (tertiary alicyclic amines) is 1. The number of amides is 1. The number of fused-ring (bicyclic) bond motifs is 1. The summed E-state index contributed by atoms with van der Waals surface area (Å²) in [6.07, 6.45) is 6.32. The number of piperidine rings is 1. The molecule has 0 radical (unpaired) electrons. The molecule has 6 heteroatoms. The minimum absolute atomic E-state index is 0.149. The van der Waals surface area contributed by atoms with Crippen LogP contribution in [0.2, 0.25) is 0 Å². The van der Waals surface area contributed by atoms with Gasteiger partial charge in [0.2, 0.25) is 5.91 Å². The van der Waals surface area contributed by atoms with Crippen LogP contribution in [0.3, 0.4) is 0 Å². The Hall–Kier alpha value is -2.34. The standard InChI is InChI=1S/C21H29N5O/c1-3-26-14-17-6-4-5-7-19(17)23-21(12-20(26)27)8-10-25(11-9-21)15-18-13-22-16-24(18)2/h4-7,13,16,23H,3,8-12,14-15H2,1-2H3. The zero-order valence-electron chi connectivity index (χ0n) is 16.3. The van der Waals surface area contributed by atoms with Gasteiger partial charge in [-0.25, -0.2) is 4.98 Å². The van der Waals surface area contributed by atoms with Crippen molar-refractivity contribution in [2.45, 2.75) is 44.8 Å². The van der Waals surface area contributed by atoms with Crippen LogP contribution in [-0.2, 0) is 24.9 Å². The number of aryl methyl sites for hydroxylation is 1. The van der Waals surface area contributed by atoms with Crippen LogP contribution in [0, 0.1) is 0 Å². The number of anilines is 1. The van der Waals surface area contributed by atoms with Gasteiger partial charge in [-0.2, -0.15) is 0 Å². The summed E-state index contributed by atoms with van der Waals surface area (Å²) < 4.78 is 2.08. The van der Waals surface area contributed by atoms with E-state index in [9.17, 15) is 4.79 Å². The van der Waals surface area contributed by atoms with Gasteiger partial charge in [-0.1, -0.05) is 18.2 Å². The average Bonchev–Trinajstić information content (AvgIpc) is 3.06. The smallest absolute Gasteiger partial charge is 0.225 e. The maximum atomic E-state index is 12.9. The van der Waals surface area contributed by atoms with E-state index in [2.05, 4.69) is 51.0 Å². The van der Waals surface area contributed by atoms with Crippen LogP contribution in [0.5, 0.6) is 0 Å². The molecule has 0 aliphatic carbocycles. The normalized spacial score (nSPS) is 20.1. The lowest BCUT2D eigenvalue weighted by molar-refractivity contribution is -0.133. The first kappa shape index (κ1) is 18.0. The first-order valence-electron chi connectivity index (χ1n) is 9.90. The number of benzene rings is 1. The fourth-order valence-electron chi connectivity index (χ4n) is 4.30. The summed E-state index contributed by atoms with van der Waals surface area (Å²) in [5, 5.41) is 3.79. The Balaban J connectivity index is 1.52. The molecule has 0 atom stereocenters. The Bertz CT molecular complexity index is 806. The molecule has 0 bridgehead atoms. The molecule has 1 spiro atoms. The molecule has 1 amide bonds. The Morgan fingerprint density at radius 2 is 2.00 bits per heavy atom. The molecule has 2 aliphatic rings. The molecule has 4 rings (SSSR count). The van der Waals surface area contributed by atoms with Crippen LogP contribution in [0.15, 0.2) is 36.8 Å². The van der Waals surface area contributed by atoms with E-state index in [4.69, 9.17) is 0 Å². The molecule has 27 heavy (non-hydrogen) atoms. The molecular weight excluding hydrogens is 338 g/mol. The van der Waals surface area contributed by atoms with Crippen molar-refractivity contribution in [1.82, 2.24) is 19.4 Å². The predicted octanol–water partition coefficient (Wildman–Crippen LogP) is 2.62. The molecule has 1 fully saturated rings. The van der Waals surface area contributed by atoms with Gasteiger partial charge >= 0.3 is 0 Å². The van der Waals surface area contributed by atoms with E-state index in [0.717, 1.165) is 39.0 Å². The number of hydrogen-bond acceptors (Lipinski definition) is 4. The molecule has 1 aromatic carbocycles. The largest absolute Gasteiger partial charge is 0.379 e. The molecular formula is C21H29N5O. The number of aromatic nitrogens is 2. The van der Waals surface area contributed by atoms with Gasteiger partial charge in [0.25, 0.3) is 0 Å². The van der Waals surface area contributed by atoms with E-state index in [0.29, 0.717) is 13.0 Å². The van der Waals surface area contributed by atoms with Crippen molar-refractivity contribution in [3.63, 3.8) is 0 Å². The highest BCUT2D eigenvalue weighted by molar-refractivity contribution is 5.79. The van der Waals surface area contributed by atoms with Crippen LogP contribution in [0.1, 0.15) is 37.4 Å². The Morgan fingerprint density at radius 1 is 1.22 bits per heavy atom. The number of nitrogens with one attached hydrogen (secondary N) is 1. The summed E-state index contributed by atoms with van der Waals surface area (Å²) in [5.74, 6) is 0.264. The molecule has 3 heterocycles. The highest BCUT2D eigenvalue weighted by atomic mass is 16.2. The summed E-state index contributed by atoms with van der Waals surface area (Å²) in [6.45, 7) is 6.41. The van der Waals surface area contributed by atoms with Gasteiger partial charge in [-0.15, -0.1) is 0 Å². The topological polar surface area (TPSA) is 53.4 Å². The fourth-order valence-corrected chi connectivity index (χ4v) is 4.30. The van der Waals surface area contributed by atoms with Crippen molar-refractivity contribution in [2.24, 2.45) is 7.05 Å². The van der Waals surface area contributed by atoms with Gasteiger partial charge in [0.05, 0.1) is 12.0 Å². The van der Waals surface area contributed by atoms with Crippen LogP contribution in [0.4, 0.5) is 5.69 Å². The van der Waals surface area contributed by atoms with Gasteiger partial charge in [0, 0.05) is 63.6 Å². The molecule has 144 valence electrons. The van der Waals surface area contributed by atoms with Gasteiger partial charge < -0.3 is 14.8 Å². The molecule has 2 aromatic rings. The van der Waals surface area contributed by atoms with Crippen molar-refractivity contribution >= 4 is 11.6 Å². The quantitative estimate of drug-likeness (QED) is 0.906. The third kappa shape index (κ3) is 3.72. The van der Waals surface area contributed by atoms with Crippen molar-refractivity contribution in [1.29, 1.82) is 0 Å². The molecule has 0 unspecified atom stereocenters. The molecule has 2 aliphatic heterocycles. The lowest BCUT2D eigenvalue weighted by atomic mass is 9.82. The summed E-state index contributed by atoms with van der Waals surface area (Å²) >= 11 is 0. The van der Waals surface area contributed by atoms with Crippen LogP contribution in [0.25, 0.3) is 0 Å². The first-order valence-corrected chi connectivity index (χ1v) is 9.90. The van der Waals surface area contributed by atoms with Gasteiger partial charge in [0.1, 0.15) is 0 Å². The average molecular weight is 367 g/mol. The van der Waals surface area contributed by atoms with Crippen molar-refractivity contribution < 1.29 is 4.79 Å². The van der Waals surface area contributed by atoms with Crippen LogP contribution < -0.4 is 5.32 Å². The zero-order valence-corrected chi connectivity index (χ0v) is 16.3. The lowest BCUT2D eigenvalue weighted by Gasteiger charge is -2.45. The van der Waals surface area contributed by atoms with E-state index in [1.807, 2.05) is 24.5 Å². The van der Waals surface area contributed by atoms with Gasteiger partial charge in [0.15, 0.2) is 0 Å². The number of para-hydroxylation sites is 1. The number of nitrogens with zero attached hydrogens (tertiary/aromatic N) is 4. The monoisotopic (exact) mass is 367 g/mol. The second-order valence-electron chi connectivity index (χ2n) is 7.92. The van der Waals surface area contributed by atoms with E-state index < -0.39 is 0 Å². The Morgan fingerprint density at radius 3 is 2.70 bits per heavy atom. The Kier molecular flexibility index (Phi) is 4.91. The summed E-state index contributed by atoms with van der Waals surface area (Å²) in [6, 6.07) is 8.43. The highest BCUT2D eigenvalue weighted by Gasteiger charge is 2.39. The van der Waals surface area contributed by atoms with Gasteiger partial charge in [-0.05, 0) is 31.4 Å². The minimum atomic E-state index is -0.149. The van der Waals surface area contributed by atoms with Gasteiger partial charge in [-0.3, -0.25) is 9.69 Å². The third-order valence-electron chi connectivity index (χ3n) is 6.12. The van der Waals surface area contributed by atoms with E-state index in [1.165, 1.54) is 16.9 Å². The van der Waals surface area contributed by atoms with Crippen LogP contribution >= 0.6 is 0 Å². The SMILES string of the molecule is CCN1Cc2ccccc2NC2(CCN(Cc3cncn3C)CC2)CC1=O. The van der Waals surface area contributed by atoms with E-state index >= 15 is 0 Å². The van der Waals surface area contributed by atoms with Crippen molar-refractivity contribution in [3.05, 3.63) is 48.0 Å². The number of hydrogen-bond donors (Lipinski definition) is 1. The second kappa shape index (κ2) is 7.35. The third-order valence-corrected chi connectivity index (χ3v) is 6.12. The minimum Gasteiger partial charge on any atom is -0.379 e. The first-order chi connectivity index (χ1) is 13.1. The molecule has 6 nitrogen and oxygen atoms in total. The molecule has 1 N–H and O–H groups in total. The summed E-state index contributed by atoms with van der Waals surface area (Å²) in [4.78, 5) is 21.6. The van der Waals surface area contributed by atoms with Crippen molar-refractivity contribution in [2.75, 3.05) is 25.0 Å². The summed E-state index contributed by atoms with van der Waals surface area (Å²) in [7, 11) is 2.04. The number of carbonyl (C=O) groups is 1. The highest BCUT2D eigenvalue weighted by Crippen LogP contribution is 2.35. The second-order valence-corrected chi connectivity index (χ2v) is 7.92. The maximum absolute atomic E-state index is 12.9. The number of rotatable bonds is 3. The molecule has 0 saturated carbocycles. The van der Waals surface area contributed by atoms with E-state index in [-0.39, 0.29) is 11.4 Å². The lowest BCUT2D eigenvalue weighted by Crippen LogP contribution is -2.53. The van der Waals surface area contributed by atoms with E-state index in [1.54, 1.807) is 0 Å². The maximum Gasteiger partial charge on any atom is 0.225 e. The summed E-state index contributed by atoms with van der Waals surface area (Å²) in [5.41, 5.74) is 3.48. The molecule has 1 saturated heterocycles. The van der Waals surface area contributed by atoms with Crippen LogP contribution in [-0.4, -0.2) is 50.4 Å². The van der Waals surface area contributed by atoms with Crippen molar-refractivity contribution in [3.8, 4) is 0 Å². The zero-order chi connectivity index (χ0) is 18.9. The predicted molar refractivity (Wildman–Crippen MR) is 106 cm³/mol. The molecule has 1 aromatic heterocycles. The fraction of sp³-hybridized carbons (Fsp3) is 0.524. The number of imidazole rings is 1.